The fraction of sp³-hybridized carbons (Fsp3) is 0.286. The van der Waals surface area contributed by atoms with E-state index >= 15 is 0 Å². The molecule has 0 aromatic heterocycles. The van der Waals surface area contributed by atoms with Crippen LogP contribution in [-0.2, 0) is 16.4 Å². The molecule has 0 amide bonds. The second kappa shape index (κ2) is 6.86. The van der Waals surface area contributed by atoms with Crippen LogP contribution in [0.25, 0.3) is 6.08 Å². The Balaban J connectivity index is 1.46. The summed E-state index contributed by atoms with van der Waals surface area (Å²) < 4.78 is 35.5. The zero-order chi connectivity index (χ0) is 20.2. The third kappa shape index (κ3) is 3.43. The molecule has 3 heterocycles. The second-order valence-electron chi connectivity index (χ2n) is 7.49. The Labute approximate surface area is 173 Å². The highest BCUT2D eigenvalue weighted by atomic mass is 35.5. The largest absolute Gasteiger partial charge is 0.478 e. The van der Waals surface area contributed by atoms with E-state index < -0.39 is 9.84 Å². The Morgan fingerprint density at radius 2 is 2.07 bits per heavy atom. The van der Waals surface area contributed by atoms with Gasteiger partial charge in [-0.1, -0.05) is 23.7 Å². The number of sulfone groups is 1. The SMILES string of the molecule is O=C1C(=Cc2cccc(Cl)c2)Oc2c1ccc1c2CN([C@@H]2CCS(=O)(=O)C2)CO1. The highest BCUT2D eigenvalue weighted by Crippen LogP contribution is 2.42. The van der Waals surface area contributed by atoms with Crippen molar-refractivity contribution in [1.82, 2.24) is 4.90 Å². The van der Waals surface area contributed by atoms with E-state index in [2.05, 4.69) is 0 Å². The average molecular weight is 432 g/mol. The summed E-state index contributed by atoms with van der Waals surface area (Å²) >= 11 is 6.03. The predicted molar refractivity (Wildman–Crippen MR) is 109 cm³/mol. The number of halogens is 1. The minimum Gasteiger partial charge on any atom is -0.478 e. The maximum absolute atomic E-state index is 12.8. The minimum atomic E-state index is -2.99. The monoisotopic (exact) mass is 431 g/mol. The first-order valence-electron chi connectivity index (χ1n) is 9.32. The second-order valence-corrected chi connectivity index (χ2v) is 10.2. The molecule has 8 heteroatoms. The van der Waals surface area contributed by atoms with Gasteiger partial charge in [-0.2, -0.15) is 0 Å². The minimum absolute atomic E-state index is 0.0809. The van der Waals surface area contributed by atoms with Crippen molar-refractivity contribution in [3.63, 3.8) is 0 Å². The van der Waals surface area contributed by atoms with Crippen LogP contribution in [0, 0.1) is 0 Å². The van der Waals surface area contributed by atoms with E-state index in [1.54, 1.807) is 30.3 Å². The van der Waals surface area contributed by atoms with E-state index in [1.165, 1.54) is 0 Å². The first-order chi connectivity index (χ1) is 13.9. The van der Waals surface area contributed by atoms with Gasteiger partial charge in [-0.15, -0.1) is 0 Å². The van der Waals surface area contributed by atoms with Gasteiger partial charge in [0.1, 0.15) is 18.2 Å². The molecule has 2 aromatic rings. The first-order valence-corrected chi connectivity index (χ1v) is 11.5. The number of fused-ring (bicyclic) bond motifs is 3. The Morgan fingerprint density at radius 3 is 2.83 bits per heavy atom. The molecule has 150 valence electrons. The molecule has 0 unspecified atom stereocenters. The molecule has 0 spiro atoms. The molecule has 0 bridgehead atoms. The van der Waals surface area contributed by atoms with Crippen molar-refractivity contribution in [3.05, 3.63) is 63.9 Å². The first kappa shape index (κ1) is 18.7. The number of carbonyl (C=O) groups excluding carboxylic acids is 1. The predicted octanol–water partition coefficient (Wildman–Crippen LogP) is 3.30. The van der Waals surface area contributed by atoms with Gasteiger partial charge in [0.05, 0.1) is 22.6 Å². The van der Waals surface area contributed by atoms with Crippen molar-refractivity contribution >= 4 is 33.3 Å². The van der Waals surface area contributed by atoms with Gasteiger partial charge in [-0.05, 0) is 42.3 Å². The van der Waals surface area contributed by atoms with Crippen LogP contribution in [0.5, 0.6) is 11.5 Å². The Morgan fingerprint density at radius 1 is 1.21 bits per heavy atom. The van der Waals surface area contributed by atoms with Gasteiger partial charge in [-0.25, -0.2) is 8.42 Å². The van der Waals surface area contributed by atoms with Gasteiger partial charge in [0.25, 0.3) is 0 Å². The molecule has 0 N–H and O–H groups in total. The normalized spacial score (nSPS) is 24.1. The summed E-state index contributed by atoms with van der Waals surface area (Å²) in [6.45, 7) is 0.807. The lowest BCUT2D eigenvalue weighted by atomic mass is 10.0. The Hall–Kier alpha value is -2.35. The van der Waals surface area contributed by atoms with Crippen molar-refractivity contribution in [1.29, 1.82) is 0 Å². The summed E-state index contributed by atoms with van der Waals surface area (Å²) in [7, 11) is -2.99. The molecular weight excluding hydrogens is 414 g/mol. The summed E-state index contributed by atoms with van der Waals surface area (Å²) in [6, 6.07) is 10.6. The van der Waals surface area contributed by atoms with Crippen LogP contribution in [0.2, 0.25) is 5.02 Å². The number of ketones is 1. The number of hydrogen-bond donors (Lipinski definition) is 0. The topological polar surface area (TPSA) is 72.9 Å². The van der Waals surface area contributed by atoms with Crippen molar-refractivity contribution in [2.75, 3.05) is 18.2 Å². The van der Waals surface area contributed by atoms with Gasteiger partial charge in [0, 0.05) is 17.6 Å². The van der Waals surface area contributed by atoms with Gasteiger partial charge in [-0.3, -0.25) is 9.69 Å². The Bertz CT molecular complexity index is 1160. The third-order valence-corrected chi connectivity index (χ3v) is 7.50. The molecule has 0 aliphatic carbocycles. The van der Waals surface area contributed by atoms with Crippen molar-refractivity contribution in [3.8, 4) is 11.5 Å². The van der Waals surface area contributed by atoms with E-state index in [-0.39, 0.29) is 29.1 Å². The Kier molecular flexibility index (Phi) is 4.42. The van der Waals surface area contributed by atoms with E-state index in [9.17, 15) is 13.2 Å². The van der Waals surface area contributed by atoms with Crippen molar-refractivity contribution in [2.45, 2.75) is 19.0 Å². The number of Topliss-reactive ketones (excluding diaryl/α,β-unsaturated/α-hetero) is 1. The fourth-order valence-electron chi connectivity index (χ4n) is 4.02. The number of carbonyl (C=O) groups is 1. The molecule has 5 rings (SSSR count). The molecule has 6 nitrogen and oxygen atoms in total. The van der Waals surface area contributed by atoms with Crippen LogP contribution in [0.15, 0.2) is 42.2 Å². The van der Waals surface area contributed by atoms with Crippen LogP contribution in [-0.4, -0.2) is 43.4 Å². The molecule has 0 saturated carbocycles. The lowest BCUT2D eigenvalue weighted by Gasteiger charge is -2.33. The van der Waals surface area contributed by atoms with Gasteiger partial charge in [0.15, 0.2) is 15.6 Å². The van der Waals surface area contributed by atoms with Crippen molar-refractivity contribution in [2.24, 2.45) is 0 Å². The number of benzene rings is 2. The maximum atomic E-state index is 12.8. The smallest absolute Gasteiger partial charge is 0.231 e. The molecule has 1 saturated heterocycles. The highest BCUT2D eigenvalue weighted by molar-refractivity contribution is 7.91. The number of nitrogens with zero attached hydrogens (tertiary/aromatic N) is 1. The zero-order valence-corrected chi connectivity index (χ0v) is 17.0. The molecule has 1 fully saturated rings. The summed E-state index contributed by atoms with van der Waals surface area (Å²) in [6.07, 6.45) is 2.27. The van der Waals surface area contributed by atoms with Crippen molar-refractivity contribution < 1.29 is 22.7 Å². The van der Waals surface area contributed by atoms with Gasteiger partial charge >= 0.3 is 0 Å². The number of rotatable bonds is 2. The van der Waals surface area contributed by atoms with E-state index in [0.29, 0.717) is 41.8 Å². The average Bonchev–Trinajstić information content (AvgIpc) is 3.21. The van der Waals surface area contributed by atoms with Crippen LogP contribution in [0.3, 0.4) is 0 Å². The molecule has 2 aromatic carbocycles. The van der Waals surface area contributed by atoms with Gasteiger partial charge in [0.2, 0.25) is 5.78 Å². The lowest BCUT2D eigenvalue weighted by Crippen LogP contribution is -2.41. The van der Waals surface area contributed by atoms with Crippen LogP contribution in [0.1, 0.15) is 27.9 Å². The fourth-order valence-corrected chi connectivity index (χ4v) is 5.98. The van der Waals surface area contributed by atoms with E-state index in [4.69, 9.17) is 21.1 Å². The highest BCUT2D eigenvalue weighted by Gasteiger charge is 2.38. The standard InChI is InChI=1S/C21H18ClNO5S/c22-14-3-1-2-13(8-14)9-19-20(24)16-4-5-18-17(21(16)28-19)10-23(12-27-18)15-6-7-29(25,26)11-15/h1-5,8-9,15H,6-7,10-12H2/t15-/m1/s1. The van der Waals surface area contributed by atoms with E-state index in [0.717, 1.165) is 11.1 Å². The van der Waals surface area contributed by atoms with Crippen LogP contribution >= 0.6 is 11.6 Å². The van der Waals surface area contributed by atoms with Crippen LogP contribution in [0.4, 0.5) is 0 Å². The van der Waals surface area contributed by atoms with E-state index in [1.807, 2.05) is 17.0 Å². The molecule has 3 aliphatic heterocycles. The molecule has 3 aliphatic rings. The van der Waals surface area contributed by atoms with Crippen LogP contribution < -0.4 is 9.47 Å². The molecule has 29 heavy (non-hydrogen) atoms. The summed E-state index contributed by atoms with van der Waals surface area (Å²) in [5.74, 6) is 1.54. The quantitative estimate of drug-likeness (QED) is 0.679. The molecular formula is C21H18ClNO5S. The lowest BCUT2D eigenvalue weighted by molar-refractivity contribution is 0.0634. The third-order valence-electron chi connectivity index (χ3n) is 5.52. The number of allylic oxidation sites excluding steroid dienone is 1. The zero-order valence-electron chi connectivity index (χ0n) is 15.4. The number of ether oxygens (including phenoxy) is 2. The number of hydrogen-bond acceptors (Lipinski definition) is 6. The summed E-state index contributed by atoms with van der Waals surface area (Å²) in [5, 5.41) is 0.579. The summed E-state index contributed by atoms with van der Waals surface area (Å²) in [5.41, 5.74) is 2.04. The summed E-state index contributed by atoms with van der Waals surface area (Å²) in [4.78, 5) is 14.8. The maximum Gasteiger partial charge on any atom is 0.231 e. The van der Waals surface area contributed by atoms with Gasteiger partial charge < -0.3 is 9.47 Å². The molecule has 0 radical (unpaired) electrons. The molecule has 1 atom stereocenters.